The average Bonchev–Trinajstić information content (AvgIpc) is 2.14. The second kappa shape index (κ2) is 4.98. The number of rotatable bonds is 4. The van der Waals surface area contributed by atoms with E-state index in [2.05, 4.69) is 10.6 Å². The lowest BCUT2D eigenvalue weighted by Crippen LogP contribution is -2.09. The van der Waals surface area contributed by atoms with E-state index < -0.39 is 0 Å². The minimum atomic E-state index is 0.402. The fourth-order valence-corrected chi connectivity index (χ4v) is 1.58. The Balaban J connectivity index is 3.04. The molecule has 0 fully saturated rings. The first-order chi connectivity index (χ1) is 6.69. The summed E-state index contributed by atoms with van der Waals surface area (Å²) in [6.07, 6.45) is 0. The highest BCUT2D eigenvalue weighted by molar-refractivity contribution is 5.43. The van der Waals surface area contributed by atoms with Gasteiger partial charge in [0.05, 0.1) is 0 Å². The Labute approximate surface area is 85.2 Å². The summed E-state index contributed by atoms with van der Waals surface area (Å²) in [5.74, 6) is 0.402. The summed E-state index contributed by atoms with van der Waals surface area (Å²) in [5, 5.41) is 16.0. The predicted molar refractivity (Wildman–Crippen MR) is 58.4 cm³/mol. The van der Waals surface area contributed by atoms with Crippen LogP contribution in [-0.2, 0) is 13.1 Å². The van der Waals surface area contributed by atoms with Crippen molar-refractivity contribution in [1.29, 1.82) is 0 Å². The third-order valence-corrected chi connectivity index (χ3v) is 2.15. The second-order valence-corrected chi connectivity index (χ2v) is 3.49. The van der Waals surface area contributed by atoms with Crippen LogP contribution in [0.3, 0.4) is 0 Å². The molecule has 0 bridgehead atoms. The van der Waals surface area contributed by atoms with Crippen LogP contribution in [0.4, 0.5) is 0 Å². The Morgan fingerprint density at radius 1 is 1.07 bits per heavy atom. The number of benzene rings is 1. The van der Waals surface area contributed by atoms with Gasteiger partial charge in [-0.25, -0.2) is 0 Å². The number of phenolic OH excluding ortho intramolecular Hbond substituents is 1. The van der Waals surface area contributed by atoms with Crippen molar-refractivity contribution in [2.45, 2.75) is 20.0 Å². The quantitative estimate of drug-likeness (QED) is 0.673. The Hall–Kier alpha value is -1.06. The van der Waals surface area contributed by atoms with E-state index in [-0.39, 0.29) is 0 Å². The van der Waals surface area contributed by atoms with E-state index in [0.717, 1.165) is 11.1 Å². The van der Waals surface area contributed by atoms with Crippen molar-refractivity contribution in [3.8, 4) is 5.75 Å². The van der Waals surface area contributed by atoms with E-state index in [9.17, 15) is 5.11 Å². The molecule has 1 aromatic rings. The van der Waals surface area contributed by atoms with Crippen molar-refractivity contribution >= 4 is 0 Å². The van der Waals surface area contributed by atoms with Gasteiger partial charge in [0.25, 0.3) is 0 Å². The molecule has 0 spiro atoms. The van der Waals surface area contributed by atoms with Gasteiger partial charge in [-0.05, 0) is 21.0 Å². The van der Waals surface area contributed by atoms with Gasteiger partial charge in [0.15, 0.2) is 0 Å². The Morgan fingerprint density at radius 2 is 1.50 bits per heavy atom. The maximum Gasteiger partial charge on any atom is 0.124 e. The van der Waals surface area contributed by atoms with Crippen molar-refractivity contribution in [2.75, 3.05) is 14.1 Å². The fourth-order valence-electron chi connectivity index (χ4n) is 1.58. The summed E-state index contributed by atoms with van der Waals surface area (Å²) in [6, 6.07) is 4.01. The maximum absolute atomic E-state index is 9.90. The number of aryl methyl sites for hydroxylation is 1. The first-order valence-corrected chi connectivity index (χ1v) is 4.79. The van der Waals surface area contributed by atoms with E-state index in [4.69, 9.17) is 0 Å². The molecule has 78 valence electrons. The van der Waals surface area contributed by atoms with E-state index in [0.29, 0.717) is 18.8 Å². The van der Waals surface area contributed by atoms with Gasteiger partial charge in [0, 0.05) is 24.2 Å². The predicted octanol–water partition coefficient (Wildman–Crippen LogP) is 1.14. The van der Waals surface area contributed by atoms with Gasteiger partial charge in [0.2, 0.25) is 0 Å². The molecule has 0 amide bonds. The van der Waals surface area contributed by atoms with Crippen LogP contribution < -0.4 is 10.6 Å². The largest absolute Gasteiger partial charge is 0.507 e. The topological polar surface area (TPSA) is 44.3 Å². The Kier molecular flexibility index (Phi) is 3.92. The third kappa shape index (κ3) is 2.47. The molecule has 0 saturated heterocycles. The highest BCUT2D eigenvalue weighted by Gasteiger charge is 2.06. The molecular weight excluding hydrogens is 176 g/mol. The zero-order chi connectivity index (χ0) is 10.6. The van der Waals surface area contributed by atoms with Crippen molar-refractivity contribution in [3.05, 3.63) is 28.8 Å². The van der Waals surface area contributed by atoms with Gasteiger partial charge in [-0.15, -0.1) is 0 Å². The molecule has 3 heteroatoms. The molecule has 0 saturated carbocycles. The molecule has 0 aromatic heterocycles. The first-order valence-electron chi connectivity index (χ1n) is 4.79. The van der Waals surface area contributed by atoms with Crippen molar-refractivity contribution in [3.63, 3.8) is 0 Å². The molecule has 0 atom stereocenters. The number of nitrogens with one attached hydrogen (secondary N) is 2. The summed E-state index contributed by atoms with van der Waals surface area (Å²) in [7, 11) is 3.75. The summed E-state index contributed by atoms with van der Waals surface area (Å²) in [5.41, 5.74) is 3.09. The van der Waals surface area contributed by atoms with E-state index in [1.54, 1.807) is 0 Å². The smallest absolute Gasteiger partial charge is 0.124 e. The van der Waals surface area contributed by atoms with Crippen LogP contribution in [0, 0.1) is 6.92 Å². The normalized spacial score (nSPS) is 10.5. The van der Waals surface area contributed by atoms with Gasteiger partial charge >= 0.3 is 0 Å². The molecule has 3 nitrogen and oxygen atoms in total. The standard InChI is InChI=1S/C11H18N2O/c1-8-4-9(6-12-2)11(14)10(5-8)7-13-3/h4-5,12-14H,6-7H2,1-3H3. The van der Waals surface area contributed by atoms with Gasteiger partial charge in [-0.2, -0.15) is 0 Å². The molecular formula is C11H18N2O. The van der Waals surface area contributed by atoms with Gasteiger partial charge in [-0.3, -0.25) is 0 Å². The first kappa shape index (κ1) is 11.0. The lowest BCUT2D eigenvalue weighted by molar-refractivity contribution is 0.457. The maximum atomic E-state index is 9.90. The zero-order valence-corrected chi connectivity index (χ0v) is 9.02. The van der Waals surface area contributed by atoms with Gasteiger partial charge in [-0.1, -0.05) is 17.7 Å². The minimum Gasteiger partial charge on any atom is -0.507 e. The van der Waals surface area contributed by atoms with Gasteiger partial charge in [0.1, 0.15) is 5.75 Å². The van der Waals surface area contributed by atoms with Crippen molar-refractivity contribution < 1.29 is 5.11 Å². The molecule has 0 heterocycles. The van der Waals surface area contributed by atoms with Crippen LogP contribution in [0.2, 0.25) is 0 Å². The second-order valence-electron chi connectivity index (χ2n) is 3.49. The molecule has 1 aromatic carbocycles. The van der Waals surface area contributed by atoms with Crippen LogP contribution >= 0.6 is 0 Å². The highest BCUT2D eigenvalue weighted by Crippen LogP contribution is 2.24. The highest BCUT2D eigenvalue weighted by atomic mass is 16.3. The molecule has 0 unspecified atom stereocenters. The Morgan fingerprint density at radius 3 is 1.86 bits per heavy atom. The molecule has 3 N–H and O–H groups in total. The van der Waals surface area contributed by atoms with Crippen molar-refractivity contribution in [1.82, 2.24) is 10.6 Å². The lowest BCUT2D eigenvalue weighted by Gasteiger charge is -2.10. The number of hydrogen-bond donors (Lipinski definition) is 3. The van der Waals surface area contributed by atoms with Crippen LogP contribution in [-0.4, -0.2) is 19.2 Å². The summed E-state index contributed by atoms with van der Waals surface area (Å²) in [6.45, 7) is 3.44. The van der Waals surface area contributed by atoms with E-state index in [1.807, 2.05) is 33.2 Å². The SMILES string of the molecule is CNCc1cc(C)cc(CNC)c1O. The molecule has 0 aliphatic heterocycles. The summed E-state index contributed by atoms with van der Waals surface area (Å²) in [4.78, 5) is 0. The van der Waals surface area contributed by atoms with Crippen LogP contribution in [0.1, 0.15) is 16.7 Å². The van der Waals surface area contributed by atoms with E-state index >= 15 is 0 Å². The molecule has 1 rings (SSSR count). The molecule has 0 radical (unpaired) electrons. The van der Waals surface area contributed by atoms with Crippen LogP contribution in [0.25, 0.3) is 0 Å². The summed E-state index contributed by atoms with van der Waals surface area (Å²) >= 11 is 0. The van der Waals surface area contributed by atoms with Crippen molar-refractivity contribution in [2.24, 2.45) is 0 Å². The monoisotopic (exact) mass is 194 g/mol. The van der Waals surface area contributed by atoms with Gasteiger partial charge < -0.3 is 15.7 Å². The molecule has 0 aliphatic rings. The fraction of sp³-hybridized carbons (Fsp3) is 0.455. The Bertz CT molecular complexity index is 283. The number of phenols is 1. The molecule has 0 aliphatic carbocycles. The van der Waals surface area contributed by atoms with E-state index in [1.165, 1.54) is 5.56 Å². The zero-order valence-electron chi connectivity index (χ0n) is 9.02. The lowest BCUT2D eigenvalue weighted by atomic mass is 10.0. The summed E-state index contributed by atoms with van der Waals surface area (Å²) < 4.78 is 0. The van der Waals surface area contributed by atoms with Crippen LogP contribution in [0.5, 0.6) is 5.75 Å². The van der Waals surface area contributed by atoms with Crippen LogP contribution in [0.15, 0.2) is 12.1 Å². The minimum absolute atomic E-state index is 0.402. The number of aromatic hydroxyl groups is 1. The third-order valence-electron chi connectivity index (χ3n) is 2.15. The molecule has 14 heavy (non-hydrogen) atoms. The average molecular weight is 194 g/mol. The number of hydrogen-bond acceptors (Lipinski definition) is 3.